The molecule has 2 heterocycles. The van der Waals surface area contributed by atoms with Crippen LogP contribution in [-0.2, 0) is 0 Å². The van der Waals surface area contributed by atoms with Crippen molar-refractivity contribution in [1.29, 1.82) is 0 Å². The van der Waals surface area contributed by atoms with E-state index in [2.05, 4.69) is 4.98 Å². The normalized spacial score (nSPS) is 10.7. The summed E-state index contributed by atoms with van der Waals surface area (Å²) in [6, 6.07) is 9.82. The van der Waals surface area contributed by atoms with Crippen LogP contribution in [0.4, 0.5) is 0 Å². The third-order valence-electron chi connectivity index (χ3n) is 2.93. The van der Waals surface area contributed by atoms with Gasteiger partial charge in [-0.05, 0) is 30.3 Å². The van der Waals surface area contributed by atoms with E-state index >= 15 is 0 Å². The Kier molecular flexibility index (Phi) is 2.91. The highest BCUT2D eigenvalue weighted by atomic mass is 16.4. The third-order valence-corrected chi connectivity index (χ3v) is 2.93. The molecule has 0 fully saturated rings. The third kappa shape index (κ3) is 2.34. The quantitative estimate of drug-likeness (QED) is 0.748. The van der Waals surface area contributed by atoms with Crippen molar-refractivity contribution in [2.75, 3.05) is 0 Å². The molecular formula is C15H9NO5. The van der Waals surface area contributed by atoms with Crippen LogP contribution in [0, 0.1) is 0 Å². The van der Waals surface area contributed by atoms with Gasteiger partial charge in [-0.25, -0.2) is 9.78 Å². The lowest BCUT2D eigenvalue weighted by Gasteiger charge is -2.03. The summed E-state index contributed by atoms with van der Waals surface area (Å²) >= 11 is 0. The molecule has 0 saturated carbocycles. The van der Waals surface area contributed by atoms with Gasteiger partial charge in [-0.3, -0.25) is 4.79 Å². The van der Waals surface area contributed by atoms with Gasteiger partial charge in [0, 0.05) is 6.07 Å². The molecule has 0 saturated heterocycles. The van der Waals surface area contributed by atoms with E-state index < -0.39 is 5.97 Å². The minimum atomic E-state index is -1.16. The molecule has 0 spiro atoms. The van der Waals surface area contributed by atoms with Gasteiger partial charge < -0.3 is 14.6 Å². The monoisotopic (exact) mass is 283 g/mol. The fourth-order valence-corrected chi connectivity index (χ4v) is 1.96. The number of fused-ring (bicyclic) bond motifs is 1. The zero-order valence-corrected chi connectivity index (χ0v) is 10.6. The summed E-state index contributed by atoms with van der Waals surface area (Å²) in [5.41, 5.74) is 0.0606. The van der Waals surface area contributed by atoms with Crippen LogP contribution < -0.4 is 5.43 Å². The molecule has 0 amide bonds. The molecule has 2 aromatic heterocycles. The van der Waals surface area contributed by atoms with E-state index in [1.807, 2.05) is 0 Å². The van der Waals surface area contributed by atoms with Gasteiger partial charge >= 0.3 is 5.97 Å². The summed E-state index contributed by atoms with van der Waals surface area (Å²) in [5.74, 6) is -1.03. The molecule has 3 aromatic rings. The summed E-state index contributed by atoms with van der Waals surface area (Å²) in [6.07, 6.45) is 0. The van der Waals surface area contributed by atoms with Crippen molar-refractivity contribution in [3.63, 3.8) is 0 Å². The average molecular weight is 283 g/mol. The van der Waals surface area contributed by atoms with Crippen LogP contribution in [0.2, 0.25) is 0 Å². The molecule has 6 heteroatoms. The highest BCUT2D eigenvalue weighted by molar-refractivity contribution is 5.86. The molecule has 104 valence electrons. The topological polar surface area (TPSA) is 101 Å². The van der Waals surface area contributed by atoms with E-state index in [0.717, 1.165) is 0 Å². The van der Waals surface area contributed by atoms with Crippen molar-refractivity contribution in [3.8, 4) is 17.2 Å². The Labute approximate surface area is 117 Å². The lowest BCUT2D eigenvalue weighted by atomic mass is 10.2. The predicted molar refractivity (Wildman–Crippen MR) is 74.3 cm³/mol. The zero-order chi connectivity index (χ0) is 15.0. The number of rotatable bonds is 2. The van der Waals surface area contributed by atoms with Crippen molar-refractivity contribution in [1.82, 2.24) is 4.98 Å². The summed E-state index contributed by atoms with van der Waals surface area (Å²) in [4.78, 5) is 26.9. The van der Waals surface area contributed by atoms with Crippen LogP contribution in [-0.4, -0.2) is 21.2 Å². The number of aromatic hydroxyl groups is 1. The van der Waals surface area contributed by atoms with Crippen molar-refractivity contribution in [3.05, 3.63) is 58.4 Å². The van der Waals surface area contributed by atoms with Crippen LogP contribution in [0.5, 0.6) is 5.75 Å². The first-order valence-electron chi connectivity index (χ1n) is 6.02. The largest absolute Gasteiger partial charge is 0.508 e. The number of carboxylic acids is 1. The Hall–Kier alpha value is -3.15. The number of aromatic carboxylic acids is 1. The maximum atomic E-state index is 12.0. The molecule has 1 aromatic carbocycles. The Balaban J connectivity index is 2.22. The van der Waals surface area contributed by atoms with E-state index in [0.29, 0.717) is 0 Å². The number of hydrogen-bond donors (Lipinski definition) is 2. The van der Waals surface area contributed by atoms with E-state index in [4.69, 9.17) is 9.52 Å². The summed E-state index contributed by atoms with van der Waals surface area (Å²) in [7, 11) is 0. The van der Waals surface area contributed by atoms with Gasteiger partial charge in [0.05, 0.1) is 5.39 Å². The molecule has 0 unspecified atom stereocenters. The summed E-state index contributed by atoms with van der Waals surface area (Å²) in [5, 5.41) is 18.6. The van der Waals surface area contributed by atoms with Crippen LogP contribution in [0.3, 0.4) is 0 Å². The highest BCUT2D eigenvalue weighted by Crippen LogP contribution is 2.23. The van der Waals surface area contributed by atoms with Gasteiger partial charge in [-0.2, -0.15) is 0 Å². The number of aromatic nitrogens is 1. The number of carbonyl (C=O) groups is 1. The maximum Gasteiger partial charge on any atom is 0.354 e. The fraction of sp³-hybridized carbons (Fsp3) is 0. The number of phenolic OH excluding ortho intramolecular Hbond substituents is 1. The van der Waals surface area contributed by atoms with E-state index in [9.17, 15) is 14.7 Å². The Morgan fingerprint density at radius 2 is 1.95 bits per heavy atom. The molecule has 0 atom stereocenters. The van der Waals surface area contributed by atoms with Crippen molar-refractivity contribution in [2.24, 2.45) is 0 Å². The van der Waals surface area contributed by atoms with Crippen LogP contribution in [0.15, 0.2) is 51.7 Å². The second-order valence-corrected chi connectivity index (χ2v) is 4.37. The van der Waals surface area contributed by atoms with Gasteiger partial charge in [0.2, 0.25) is 0 Å². The minimum absolute atomic E-state index is 0.0338. The summed E-state index contributed by atoms with van der Waals surface area (Å²) < 4.78 is 5.55. The smallest absolute Gasteiger partial charge is 0.354 e. The number of phenols is 1. The Morgan fingerprint density at radius 3 is 2.71 bits per heavy atom. The first kappa shape index (κ1) is 12.9. The van der Waals surface area contributed by atoms with Crippen molar-refractivity contribution < 1.29 is 19.4 Å². The Bertz CT molecular complexity index is 913. The fourth-order valence-electron chi connectivity index (χ4n) is 1.96. The van der Waals surface area contributed by atoms with Gasteiger partial charge in [0.1, 0.15) is 22.7 Å². The number of hydrogen-bond acceptors (Lipinski definition) is 5. The SMILES string of the molecule is O=C(O)c1cccc(-c2cc(=O)c3cc(O)ccc3o2)n1. The first-order valence-corrected chi connectivity index (χ1v) is 6.02. The number of benzene rings is 1. The number of pyridine rings is 1. The van der Waals surface area contributed by atoms with E-state index in [-0.39, 0.29) is 39.3 Å². The van der Waals surface area contributed by atoms with Crippen LogP contribution in [0.25, 0.3) is 22.4 Å². The Morgan fingerprint density at radius 1 is 1.14 bits per heavy atom. The van der Waals surface area contributed by atoms with Gasteiger partial charge in [0.25, 0.3) is 0 Å². The van der Waals surface area contributed by atoms with Gasteiger partial charge in [-0.15, -0.1) is 0 Å². The molecule has 0 bridgehead atoms. The standard InChI is InChI=1S/C15H9NO5/c17-8-4-5-13-9(6-8)12(18)7-14(21-13)10-2-1-3-11(16-10)15(19)20/h1-7,17H,(H,19,20). The molecule has 0 aliphatic rings. The zero-order valence-electron chi connectivity index (χ0n) is 10.6. The summed E-state index contributed by atoms with van der Waals surface area (Å²) in [6.45, 7) is 0. The molecule has 0 radical (unpaired) electrons. The lowest BCUT2D eigenvalue weighted by Crippen LogP contribution is -2.03. The van der Waals surface area contributed by atoms with Crippen LogP contribution >= 0.6 is 0 Å². The number of nitrogens with zero attached hydrogens (tertiary/aromatic N) is 1. The van der Waals surface area contributed by atoms with Crippen LogP contribution in [0.1, 0.15) is 10.5 Å². The molecule has 21 heavy (non-hydrogen) atoms. The molecule has 0 aliphatic heterocycles. The van der Waals surface area contributed by atoms with Crippen molar-refractivity contribution in [2.45, 2.75) is 0 Å². The van der Waals surface area contributed by atoms with E-state index in [1.54, 1.807) is 6.07 Å². The first-order chi connectivity index (χ1) is 10.0. The van der Waals surface area contributed by atoms with Crippen molar-refractivity contribution >= 4 is 16.9 Å². The van der Waals surface area contributed by atoms with Gasteiger partial charge in [0.15, 0.2) is 11.2 Å². The highest BCUT2D eigenvalue weighted by Gasteiger charge is 2.11. The van der Waals surface area contributed by atoms with Gasteiger partial charge in [-0.1, -0.05) is 6.07 Å². The van der Waals surface area contributed by atoms with E-state index in [1.165, 1.54) is 36.4 Å². The average Bonchev–Trinajstić information content (AvgIpc) is 2.48. The maximum absolute atomic E-state index is 12.0. The predicted octanol–water partition coefficient (Wildman–Crippen LogP) is 2.26. The number of carboxylic acid groups (broad SMARTS) is 1. The minimum Gasteiger partial charge on any atom is -0.508 e. The molecular weight excluding hydrogens is 274 g/mol. The lowest BCUT2D eigenvalue weighted by molar-refractivity contribution is 0.0690. The molecule has 3 rings (SSSR count). The molecule has 0 aliphatic carbocycles. The second-order valence-electron chi connectivity index (χ2n) is 4.37. The molecule has 6 nitrogen and oxygen atoms in total. The molecule has 2 N–H and O–H groups in total. The second kappa shape index (κ2) is 4.75.